The van der Waals surface area contributed by atoms with Gasteiger partial charge in [-0.05, 0) is 25.1 Å². The average molecular weight is 407 g/mol. The molecule has 0 aliphatic rings. The van der Waals surface area contributed by atoms with Crippen LogP contribution in [0.1, 0.15) is 16.2 Å². The summed E-state index contributed by atoms with van der Waals surface area (Å²) in [5.41, 5.74) is 0.766. The van der Waals surface area contributed by atoms with Crippen LogP contribution < -0.4 is 5.32 Å². The van der Waals surface area contributed by atoms with Crippen molar-refractivity contribution in [3.8, 4) is 0 Å². The molecule has 12 heteroatoms. The molecule has 0 radical (unpaired) electrons. The zero-order chi connectivity index (χ0) is 19.8. The number of nitrogens with zero attached hydrogens (tertiary/aromatic N) is 4. The average Bonchev–Trinajstić information content (AvgIpc) is 3.22. The molecule has 0 aliphatic carbocycles. The Balaban J connectivity index is 1.81. The maximum Gasteiger partial charge on any atom is 0.277 e. The number of thiazole rings is 1. The number of carbonyl (C=O) groups excluding carboxylic acids is 1. The SMILES string of the molecule is Cc1cc(C(=O)Nc2ncc(S(=O)(=O)c3ccc([N+](=O)[O-])cc3)s2)nn1C. The predicted octanol–water partition coefficient (Wildman–Crippen LogP) is 2.18. The minimum atomic E-state index is -3.90. The van der Waals surface area contributed by atoms with Crippen LogP contribution in [-0.4, -0.2) is 34.0 Å². The number of carbonyl (C=O) groups is 1. The Hall–Kier alpha value is -3.12. The van der Waals surface area contributed by atoms with Crippen molar-refractivity contribution in [2.24, 2.45) is 7.05 Å². The van der Waals surface area contributed by atoms with Gasteiger partial charge in [-0.2, -0.15) is 5.10 Å². The summed E-state index contributed by atoms with van der Waals surface area (Å²) in [4.78, 5) is 26.1. The predicted molar refractivity (Wildman–Crippen MR) is 96.6 cm³/mol. The third-order valence-corrected chi connectivity index (χ3v) is 6.82. The van der Waals surface area contributed by atoms with Crippen molar-refractivity contribution in [1.29, 1.82) is 0 Å². The zero-order valence-electron chi connectivity index (χ0n) is 14.1. The highest BCUT2D eigenvalue weighted by atomic mass is 32.2. The normalized spacial score (nSPS) is 11.3. The van der Waals surface area contributed by atoms with E-state index in [1.807, 2.05) is 0 Å². The van der Waals surface area contributed by atoms with Crippen LogP contribution in [0.2, 0.25) is 0 Å². The summed E-state index contributed by atoms with van der Waals surface area (Å²) in [6.45, 7) is 1.79. The quantitative estimate of drug-likeness (QED) is 0.505. The Morgan fingerprint density at radius 1 is 1.30 bits per heavy atom. The fraction of sp³-hybridized carbons (Fsp3) is 0.133. The van der Waals surface area contributed by atoms with Gasteiger partial charge in [0.15, 0.2) is 10.8 Å². The summed E-state index contributed by atoms with van der Waals surface area (Å²) < 4.78 is 26.7. The van der Waals surface area contributed by atoms with Gasteiger partial charge in [0, 0.05) is 24.9 Å². The monoisotopic (exact) mass is 407 g/mol. The second-order valence-electron chi connectivity index (χ2n) is 5.49. The summed E-state index contributed by atoms with van der Waals surface area (Å²) in [7, 11) is -2.20. The van der Waals surface area contributed by atoms with Crippen molar-refractivity contribution < 1.29 is 18.1 Å². The van der Waals surface area contributed by atoms with E-state index in [1.165, 1.54) is 0 Å². The molecule has 3 aromatic rings. The van der Waals surface area contributed by atoms with Crippen molar-refractivity contribution >= 4 is 37.9 Å². The van der Waals surface area contributed by atoms with Gasteiger partial charge in [-0.1, -0.05) is 11.3 Å². The van der Waals surface area contributed by atoms with Crippen molar-refractivity contribution in [2.45, 2.75) is 16.0 Å². The van der Waals surface area contributed by atoms with Crippen molar-refractivity contribution in [3.63, 3.8) is 0 Å². The number of nitro groups is 1. The molecule has 2 aromatic heterocycles. The van der Waals surface area contributed by atoms with Gasteiger partial charge in [0.1, 0.15) is 4.21 Å². The number of aromatic nitrogens is 3. The maximum absolute atomic E-state index is 12.6. The molecule has 3 rings (SSSR count). The van der Waals surface area contributed by atoms with E-state index in [9.17, 15) is 23.3 Å². The number of anilines is 1. The Bertz CT molecular complexity index is 1110. The lowest BCUT2D eigenvalue weighted by molar-refractivity contribution is -0.384. The van der Waals surface area contributed by atoms with Crippen LogP contribution in [0.15, 0.2) is 45.6 Å². The molecule has 0 unspecified atom stereocenters. The molecule has 2 heterocycles. The van der Waals surface area contributed by atoms with Crippen LogP contribution in [0.25, 0.3) is 0 Å². The molecule has 0 spiro atoms. The Morgan fingerprint density at radius 2 is 1.96 bits per heavy atom. The summed E-state index contributed by atoms with van der Waals surface area (Å²) in [6, 6.07) is 6.13. The molecule has 27 heavy (non-hydrogen) atoms. The van der Waals surface area contributed by atoms with E-state index in [0.29, 0.717) is 0 Å². The fourth-order valence-electron chi connectivity index (χ4n) is 2.14. The molecule has 0 bridgehead atoms. The van der Waals surface area contributed by atoms with E-state index < -0.39 is 20.7 Å². The van der Waals surface area contributed by atoms with Gasteiger partial charge < -0.3 is 0 Å². The molecule has 1 amide bonds. The highest BCUT2D eigenvalue weighted by Crippen LogP contribution is 2.29. The number of sulfone groups is 1. The van der Waals surface area contributed by atoms with Gasteiger partial charge in [0.25, 0.3) is 11.6 Å². The van der Waals surface area contributed by atoms with E-state index in [1.54, 1.807) is 24.7 Å². The Labute approximate surface area is 157 Å². The van der Waals surface area contributed by atoms with Gasteiger partial charge in [0.05, 0.1) is 16.0 Å². The Kier molecular flexibility index (Phi) is 4.76. The third kappa shape index (κ3) is 3.71. The van der Waals surface area contributed by atoms with Gasteiger partial charge in [-0.15, -0.1) is 0 Å². The minimum absolute atomic E-state index is 0.0937. The first-order valence-electron chi connectivity index (χ1n) is 7.46. The number of rotatable bonds is 5. The number of aryl methyl sites for hydroxylation is 2. The van der Waals surface area contributed by atoms with E-state index in [2.05, 4.69) is 15.4 Å². The zero-order valence-corrected chi connectivity index (χ0v) is 15.7. The van der Waals surface area contributed by atoms with Crippen molar-refractivity contribution in [3.05, 3.63) is 58.0 Å². The molecule has 0 aliphatic heterocycles. The smallest absolute Gasteiger partial charge is 0.277 e. The number of amides is 1. The largest absolute Gasteiger partial charge is 0.296 e. The van der Waals surface area contributed by atoms with E-state index in [-0.39, 0.29) is 25.6 Å². The van der Waals surface area contributed by atoms with Crippen molar-refractivity contribution in [1.82, 2.24) is 14.8 Å². The van der Waals surface area contributed by atoms with Gasteiger partial charge in [0.2, 0.25) is 9.84 Å². The standard InChI is InChI=1S/C15H13N5O5S2/c1-9-7-12(18-19(9)2)14(21)17-15-16-8-13(26-15)27(24,25)11-5-3-10(4-6-11)20(22)23/h3-8H,1-2H3,(H,16,17,21). The molecular formula is C15H13N5O5S2. The molecule has 0 saturated carbocycles. The highest BCUT2D eigenvalue weighted by Gasteiger charge is 2.23. The van der Waals surface area contributed by atoms with Crippen LogP contribution in [0.5, 0.6) is 0 Å². The third-order valence-electron chi connectivity index (χ3n) is 3.67. The highest BCUT2D eigenvalue weighted by molar-refractivity contribution is 7.93. The number of non-ortho nitro benzene ring substituents is 1. The summed E-state index contributed by atoms with van der Waals surface area (Å²) in [5, 5.41) is 17.3. The topological polar surface area (TPSA) is 137 Å². The second kappa shape index (κ2) is 6.89. The fourth-order valence-corrected chi connectivity index (χ4v) is 4.56. The lowest BCUT2D eigenvalue weighted by Gasteiger charge is -2.01. The lowest BCUT2D eigenvalue weighted by atomic mass is 10.3. The number of nitrogens with one attached hydrogen (secondary N) is 1. The molecule has 0 saturated heterocycles. The van der Waals surface area contributed by atoms with Crippen LogP contribution in [0.3, 0.4) is 0 Å². The molecule has 1 aromatic carbocycles. The molecule has 140 valence electrons. The Morgan fingerprint density at radius 3 is 2.52 bits per heavy atom. The molecule has 0 fully saturated rings. The molecule has 0 atom stereocenters. The first-order valence-corrected chi connectivity index (χ1v) is 9.76. The van der Waals surface area contributed by atoms with Crippen molar-refractivity contribution in [2.75, 3.05) is 5.32 Å². The van der Waals surface area contributed by atoms with Crippen LogP contribution >= 0.6 is 11.3 Å². The van der Waals surface area contributed by atoms with Gasteiger partial charge in [-0.25, -0.2) is 13.4 Å². The summed E-state index contributed by atoms with van der Waals surface area (Å²) in [6.07, 6.45) is 1.13. The summed E-state index contributed by atoms with van der Waals surface area (Å²) >= 11 is 0.780. The van der Waals surface area contributed by atoms with E-state index in [4.69, 9.17) is 0 Å². The molecular weight excluding hydrogens is 394 g/mol. The number of hydrogen-bond donors (Lipinski definition) is 1. The number of nitro benzene ring substituents is 1. The lowest BCUT2D eigenvalue weighted by Crippen LogP contribution is -2.12. The minimum Gasteiger partial charge on any atom is -0.296 e. The first-order chi connectivity index (χ1) is 12.7. The number of hydrogen-bond acceptors (Lipinski definition) is 8. The van der Waals surface area contributed by atoms with Gasteiger partial charge in [-0.3, -0.25) is 24.9 Å². The first kappa shape index (κ1) is 18.7. The molecule has 10 nitrogen and oxygen atoms in total. The van der Waals surface area contributed by atoms with Gasteiger partial charge >= 0.3 is 0 Å². The van der Waals surface area contributed by atoms with Crippen LogP contribution in [0, 0.1) is 17.0 Å². The maximum atomic E-state index is 12.6. The van der Waals surface area contributed by atoms with E-state index in [0.717, 1.165) is 47.5 Å². The summed E-state index contributed by atoms with van der Waals surface area (Å²) in [5.74, 6) is -0.507. The van der Waals surface area contributed by atoms with E-state index >= 15 is 0 Å². The van der Waals surface area contributed by atoms with Crippen LogP contribution in [-0.2, 0) is 16.9 Å². The molecule has 1 N–H and O–H groups in total. The second-order valence-corrected chi connectivity index (χ2v) is 8.69. The number of benzene rings is 1. The van der Waals surface area contributed by atoms with Crippen LogP contribution in [0.4, 0.5) is 10.8 Å².